The minimum atomic E-state index is -4.79. The molecule has 11 heteroatoms. The highest BCUT2D eigenvalue weighted by atomic mass is 35.5. The Morgan fingerprint density at radius 3 is 2.04 bits per heavy atom. The van der Waals surface area contributed by atoms with E-state index in [1.807, 2.05) is 0 Å². The lowest BCUT2D eigenvalue weighted by Crippen LogP contribution is -2.07. The Morgan fingerprint density at radius 2 is 1.60 bits per heavy atom. The lowest BCUT2D eigenvalue weighted by molar-refractivity contribution is -0.137. The van der Waals surface area contributed by atoms with Gasteiger partial charge in [-0.15, -0.1) is 0 Å². The second-order valence-corrected chi connectivity index (χ2v) is 5.30. The van der Waals surface area contributed by atoms with Gasteiger partial charge in [0, 0.05) is 12.1 Å². The molecule has 0 amide bonds. The minimum absolute atomic E-state index is 0.229. The molecule has 0 radical (unpaired) electrons. The maximum Gasteiger partial charge on any atom is 0.458 e. The fraction of sp³-hybridized carbons (Fsp3) is 0.143. The quantitative estimate of drug-likeness (QED) is 0.502. The Morgan fingerprint density at radius 1 is 1.04 bits per heavy atom. The zero-order chi connectivity index (χ0) is 19.0. The van der Waals surface area contributed by atoms with Crippen molar-refractivity contribution in [2.75, 3.05) is 0 Å². The van der Waals surface area contributed by atoms with Gasteiger partial charge in [0.25, 0.3) is 0 Å². The lowest BCUT2D eigenvalue weighted by Gasteiger charge is -2.12. The second-order valence-electron chi connectivity index (χ2n) is 4.48. The fourth-order valence-corrected chi connectivity index (χ4v) is 2.41. The number of aromatic nitrogens is 2. The third kappa shape index (κ3) is 4.38. The molecule has 1 aromatic heterocycles. The van der Waals surface area contributed by atoms with Gasteiger partial charge >= 0.3 is 12.4 Å². The molecule has 2 rings (SSSR count). The molecule has 0 saturated heterocycles. The Labute approximate surface area is 146 Å². The number of hydrogen-bond donors (Lipinski definition) is 0. The molecule has 3 nitrogen and oxygen atoms in total. The van der Waals surface area contributed by atoms with Crippen molar-refractivity contribution in [2.45, 2.75) is 12.4 Å². The van der Waals surface area contributed by atoms with Gasteiger partial charge in [0.2, 0.25) is 0 Å². The zero-order valence-electron chi connectivity index (χ0n) is 11.6. The summed E-state index contributed by atoms with van der Waals surface area (Å²) in [7, 11) is 0. The molecule has 25 heavy (non-hydrogen) atoms. The van der Waals surface area contributed by atoms with Gasteiger partial charge in [0.05, 0.1) is 21.2 Å². The summed E-state index contributed by atoms with van der Waals surface area (Å²) in [5, 5.41) is 11.6. The van der Waals surface area contributed by atoms with E-state index >= 15 is 0 Å². The van der Waals surface area contributed by atoms with E-state index in [1.165, 1.54) is 6.07 Å². The lowest BCUT2D eigenvalue weighted by atomic mass is 10.2. The summed E-state index contributed by atoms with van der Waals surface area (Å²) in [6.45, 7) is 0. The van der Waals surface area contributed by atoms with E-state index in [0.29, 0.717) is 12.1 Å². The first-order valence-electron chi connectivity index (χ1n) is 6.08. The van der Waals surface area contributed by atoms with Crippen LogP contribution in [-0.4, -0.2) is 16.0 Å². The molecule has 130 valence electrons. The van der Waals surface area contributed by atoms with Gasteiger partial charge in [-0.2, -0.15) is 36.7 Å². The van der Waals surface area contributed by atoms with Gasteiger partial charge in [-0.1, -0.05) is 29.1 Å². The van der Waals surface area contributed by atoms with Crippen LogP contribution in [0.25, 0.3) is 5.69 Å². The van der Waals surface area contributed by atoms with Crippen LogP contribution in [0, 0.1) is 23.2 Å². The van der Waals surface area contributed by atoms with E-state index in [4.69, 9.17) is 28.5 Å². The predicted octanol–water partition coefficient (Wildman–Crippen LogP) is 4.98. The van der Waals surface area contributed by atoms with Crippen LogP contribution in [-0.2, 0) is 6.18 Å². The molecule has 2 aromatic rings. The van der Waals surface area contributed by atoms with Gasteiger partial charge in [-0.3, -0.25) is 0 Å². The van der Waals surface area contributed by atoms with Gasteiger partial charge < -0.3 is 0 Å². The van der Waals surface area contributed by atoms with Gasteiger partial charge in [-0.25, -0.2) is 4.68 Å². The van der Waals surface area contributed by atoms with Crippen molar-refractivity contribution in [1.29, 1.82) is 5.26 Å². The number of hydrogen-bond acceptors (Lipinski definition) is 2. The van der Waals surface area contributed by atoms with Gasteiger partial charge in [0.15, 0.2) is 5.69 Å². The molecule has 0 bridgehead atoms. The van der Waals surface area contributed by atoms with Crippen LogP contribution in [0.1, 0.15) is 16.8 Å². The molecular weight excluding hydrogens is 395 g/mol. The SMILES string of the molecule is N#Cc1nn(-c2c(Cl)cc(C(F)(F)F)cc2Cl)cc1C#CC(F)(F)F. The number of halogens is 8. The minimum Gasteiger partial charge on any atom is -0.235 e. The first kappa shape index (κ1) is 19.0. The largest absolute Gasteiger partial charge is 0.458 e. The standard InChI is InChI=1S/C14H3Cl2F6N3/c15-9-3-8(14(20,21)22)4-10(16)12(9)25-6-7(11(5-23)24-25)1-2-13(17,18)19/h3-4,6H. The highest BCUT2D eigenvalue weighted by molar-refractivity contribution is 6.37. The zero-order valence-corrected chi connectivity index (χ0v) is 13.1. The van der Waals surface area contributed by atoms with Crippen molar-refractivity contribution in [3.8, 4) is 23.6 Å². The first-order valence-corrected chi connectivity index (χ1v) is 6.84. The maximum atomic E-state index is 12.7. The summed E-state index contributed by atoms with van der Waals surface area (Å²) in [6, 6.07) is 2.69. The average Bonchev–Trinajstić information content (AvgIpc) is 2.85. The third-order valence-corrected chi connectivity index (χ3v) is 3.31. The summed E-state index contributed by atoms with van der Waals surface area (Å²) in [4.78, 5) is 0. The topological polar surface area (TPSA) is 41.6 Å². The summed E-state index contributed by atoms with van der Waals surface area (Å²) < 4.78 is 75.4. The van der Waals surface area contributed by atoms with Crippen molar-refractivity contribution in [1.82, 2.24) is 9.78 Å². The monoisotopic (exact) mass is 397 g/mol. The van der Waals surface area contributed by atoms with Crippen LogP contribution in [0.15, 0.2) is 18.3 Å². The van der Waals surface area contributed by atoms with Crippen LogP contribution in [0.2, 0.25) is 10.0 Å². The molecule has 1 aromatic carbocycles. The fourth-order valence-electron chi connectivity index (χ4n) is 1.75. The number of rotatable bonds is 1. The van der Waals surface area contributed by atoms with Crippen molar-refractivity contribution in [2.24, 2.45) is 0 Å². The van der Waals surface area contributed by atoms with E-state index in [0.717, 1.165) is 16.8 Å². The van der Waals surface area contributed by atoms with Crippen molar-refractivity contribution in [3.05, 3.63) is 45.2 Å². The van der Waals surface area contributed by atoms with E-state index in [2.05, 4.69) is 5.10 Å². The van der Waals surface area contributed by atoms with Crippen LogP contribution < -0.4 is 0 Å². The maximum absolute atomic E-state index is 12.7. The van der Waals surface area contributed by atoms with Crippen molar-refractivity contribution in [3.63, 3.8) is 0 Å². The average molecular weight is 398 g/mol. The third-order valence-electron chi connectivity index (χ3n) is 2.73. The predicted molar refractivity (Wildman–Crippen MR) is 76.2 cm³/mol. The Balaban J connectivity index is 2.59. The van der Waals surface area contributed by atoms with Gasteiger partial charge in [-0.05, 0) is 12.1 Å². The number of nitrogens with zero attached hydrogens (tertiary/aromatic N) is 3. The molecule has 0 saturated carbocycles. The van der Waals surface area contributed by atoms with Crippen LogP contribution in [0.3, 0.4) is 0 Å². The molecular formula is C14H3Cl2F6N3. The number of alkyl halides is 6. The molecule has 0 spiro atoms. The first-order chi connectivity index (χ1) is 11.4. The molecule has 0 unspecified atom stereocenters. The second kappa shape index (κ2) is 6.51. The number of benzene rings is 1. The Kier molecular flexibility index (Phi) is 4.94. The van der Waals surface area contributed by atoms with E-state index in [1.54, 1.807) is 5.92 Å². The van der Waals surface area contributed by atoms with Crippen molar-refractivity contribution >= 4 is 23.2 Å². The van der Waals surface area contributed by atoms with Crippen LogP contribution in [0.4, 0.5) is 26.3 Å². The summed E-state index contributed by atoms with van der Waals surface area (Å²) in [5.74, 6) is 2.69. The molecule has 0 atom stereocenters. The molecule has 1 heterocycles. The molecule has 0 aliphatic carbocycles. The summed E-state index contributed by atoms with van der Waals surface area (Å²) in [6.07, 6.45) is -8.58. The van der Waals surface area contributed by atoms with E-state index < -0.39 is 33.7 Å². The normalized spacial score (nSPS) is 11.6. The van der Waals surface area contributed by atoms with Crippen LogP contribution >= 0.6 is 23.2 Å². The smallest absolute Gasteiger partial charge is 0.235 e. The van der Waals surface area contributed by atoms with E-state index in [-0.39, 0.29) is 11.3 Å². The highest BCUT2D eigenvalue weighted by Crippen LogP contribution is 2.37. The van der Waals surface area contributed by atoms with Crippen LogP contribution in [0.5, 0.6) is 0 Å². The summed E-state index contributed by atoms with van der Waals surface area (Å²) in [5.41, 5.74) is -2.19. The molecule has 0 aliphatic rings. The molecule has 0 fully saturated rings. The molecule has 0 N–H and O–H groups in total. The highest BCUT2D eigenvalue weighted by Gasteiger charge is 2.32. The summed E-state index contributed by atoms with van der Waals surface area (Å²) >= 11 is 11.6. The van der Waals surface area contributed by atoms with Crippen molar-refractivity contribution < 1.29 is 26.3 Å². The number of nitriles is 1. The molecule has 0 aliphatic heterocycles. The Bertz CT molecular complexity index is 902. The Hall–Kier alpha value is -2.36. The van der Waals surface area contributed by atoms with Gasteiger partial charge in [0.1, 0.15) is 11.8 Å². The van der Waals surface area contributed by atoms with E-state index in [9.17, 15) is 26.3 Å².